The van der Waals surface area contributed by atoms with E-state index in [1.807, 2.05) is 35.2 Å². The van der Waals surface area contributed by atoms with Gasteiger partial charge in [-0.1, -0.05) is 36.4 Å². The third-order valence-corrected chi connectivity index (χ3v) is 10.8. The normalized spacial score (nSPS) is 21.2. The van der Waals surface area contributed by atoms with Crippen LogP contribution in [0, 0.1) is 5.92 Å². The van der Waals surface area contributed by atoms with E-state index in [0.717, 1.165) is 99.4 Å². The van der Waals surface area contributed by atoms with Crippen molar-refractivity contribution in [2.45, 2.75) is 63.0 Å². The molecule has 2 saturated heterocycles. The first kappa shape index (κ1) is 35.4. The van der Waals surface area contributed by atoms with Crippen molar-refractivity contribution in [1.29, 1.82) is 0 Å². The number of nitrogens with zero attached hydrogens (tertiary/aromatic N) is 3. The molecule has 51 heavy (non-hydrogen) atoms. The van der Waals surface area contributed by atoms with E-state index in [0.29, 0.717) is 32.1 Å². The van der Waals surface area contributed by atoms with Crippen LogP contribution in [0.4, 0.5) is 11.4 Å². The highest BCUT2D eigenvalue weighted by atomic mass is 16.5. The Bertz CT molecular complexity index is 1650. The molecule has 2 N–H and O–H groups in total. The highest BCUT2D eigenvalue weighted by Crippen LogP contribution is 2.42. The molecule has 0 aromatic heterocycles. The molecule has 0 radical (unpaired) electrons. The van der Waals surface area contributed by atoms with E-state index in [4.69, 9.17) is 14.2 Å². The second-order valence-electron chi connectivity index (χ2n) is 14.4. The van der Waals surface area contributed by atoms with Gasteiger partial charge in [0.25, 0.3) is 5.91 Å². The minimum Gasteiger partial charge on any atom is -0.494 e. The van der Waals surface area contributed by atoms with Crippen LogP contribution in [0.3, 0.4) is 0 Å². The fourth-order valence-corrected chi connectivity index (χ4v) is 7.83. The number of hydrogen-bond acceptors (Lipinski definition) is 8. The molecule has 7 rings (SSSR count). The van der Waals surface area contributed by atoms with Crippen LogP contribution in [0.25, 0.3) is 11.1 Å². The highest BCUT2D eigenvalue weighted by Gasteiger charge is 2.41. The van der Waals surface area contributed by atoms with Crippen LogP contribution >= 0.6 is 0 Å². The summed E-state index contributed by atoms with van der Waals surface area (Å²) in [5, 5.41) is 13.3. The van der Waals surface area contributed by atoms with Crippen LogP contribution in [-0.4, -0.2) is 100 Å². The summed E-state index contributed by atoms with van der Waals surface area (Å²) in [5.74, 6) is 1.43. The van der Waals surface area contributed by atoms with E-state index in [1.54, 1.807) is 12.0 Å². The molecule has 1 aliphatic carbocycles. The second-order valence-corrected chi connectivity index (χ2v) is 14.4. The summed E-state index contributed by atoms with van der Waals surface area (Å²) in [6.07, 6.45) is 6.04. The number of fused-ring (bicyclic) bond motifs is 1. The van der Waals surface area contributed by atoms with Gasteiger partial charge in [0, 0.05) is 58.2 Å². The predicted octanol–water partition coefficient (Wildman–Crippen LogP) is 5.23. The average molecular weight is 697 g/mol. The number of ether oxygens (including phenoxy) is 3. The lowest BCUT2D eigenvalue weighted by atomic mass is 9.79. The topological polar surface area (TPSA) is 104 Å². The number of hydrogen-bond donors (Lipinski definition) is 2. The predicted molar refractivity (Wildman–Crippen MR) is 199 cm³/mol. The van der Waals surface area contributed by atoms with Crippen molar-refractivity contribution in [3.05, 3.63) is 72.3 Å². The first-order valence-corrected chi connectivity index (χ1v) is 18.8. The molecule has 3 aromatic carbocycles. The van der Waals surface area contributed by atoms with E-state index >= 15 is 0 Å². The van der Waals surface area contributed by atoms with Gasteiger partial charge < -0.3 is 39.3 Å². The van der Waals surface area contributed by atoms with Crippen molar-refractivity contribution < 1.29 is 28.9 Å². The van der Waals surface area contributed by atoms with Gasteiger partial charge in [-0.25, -0.2) is 0 Å². The molecule has 10 heteroatoms. The van der Waals surface area contributed by atoms with E-state index in [-0.39, 0.29) is 42.4 Å². The van der Waals surface area contributed by atoms with E-state index < -0.39 is 0 Å². The molecule has 3 aliphatic heterocycles. The van der Waals surface area contributed by atoms with Crippen molar-refractivity contribution in [2.24, 2.45) is 5.92 Å². The molecule has 0 unspecified atom stereocenters. The van der Waals surface area contributed by atoms with Crippen molar-refractivity contribution >= 4 is 23.2 Å². The number of amides is 2. The Balaban J connectivity index is 1.06. The largest absolute Gasteiger partial charge is 0.494 e. The maximum absolute atomic E-state index is 14.7. The van der Waals surface area contributed by atoms with Crippen LogP contribution in [0.5, 0.6) is 11.5 Å². The number of aliphatic hydroxyl groups excluding tert-OH is 1. The quantitative estimate of drug-likeness (QED) is 0.221. The van der Waals surface area contributed by atoms with E-state index in [1.165, 1.54) is 5.56 Å². The monoisotopic (exact) mass is 696 g/mol. The molecule has 0 spiro atoms. The molecule has 272 valence electrons. The number of methoxy groups -OCH3 is 1. The van der Waals surface area contributed by atoms with Crippen molar-refractivity contribution in [1.82, 2.24) is 10.2 Å². The summed E-state index contributed by atoms with van der Waals surface area (Å²) >= 11 is 0. The third-order valence-electron chi connectivity index (χ3n) is 10.8. The molecule has 2 atom stereocenters. The lowest BCUT2D eigenvalue weighted by Crippen LogP contribution is -2.47. The van der Waals surface area contributed by atoms with Crippen LogP contribution in [0.2, 0.25) is 0 Å². The van der Waals surface area contributed by atoms with Crippen LogP contribution < -0.4 is 24.6 Å². The van der Waals surface area contributed by atoms with Crippen LogP contribution in [-0.2, 0) is 14.3 Å². The maximum Gasteiger partial charge on any atom is 0.265 e. The third kappa shape index (κ3) is 8.58. The Hall–Kier alpha value is -3.96. The zero-order valence-corrected chi connectivity index (χ0v) is 29.8. The van der Waals surface area contributed by atoms with Crippen LogP contribution in [0.15, 0.2) is 66.7 Å². The first-order chi connectivity index (χ1) is 25.0. The Labute approximate surface area is 301 Å². The number of benzene rings is 3. The van der Waals surface area contributed by atoms with Crippen molar-refractivity contribution in [3.63, 3.8) is 0 Å². The SMILES string of the molecule is COCCCN1C(=O)COc2ccc(N(C(=O)[C@H]3CNCC[C@@H]3c3cccc(-c4cccc(OCCCN5CCC(O)CC5)c4)c3)C3CC3)cc21. The Morgan fingerprint density at radius 3 is 2.53 bits per heavy atom. The van der Waals surface area contributed by atoms with Crippen molar-refractivity contribution in [2.75, 3.05) is 76.0 Å². The molecule has 0 bridgehead atoms. The molecular formula is C41H52N4O6. The zero-order chi connectivity index (χ0) is 35.2. The zero-order valence-electron chi connectivity index (χ0n) is 29.8. The van der Waals surface area contributed by atoms with Gasteiger partial charge in [-0.05, 0) is 104 Å². The molecule has 3 aromatic rings. The fourth-order valence-electron chi connectivity index (χ4n) is 7.83. The molecular weight excluding hydrogens is 644 g/mol. The Morgan fingerprint density at radius 2 is 1.73 bits per heavy atom. The summed E-state index contributed by atoms with van der Waals surface area (Å²) in [7, 11) is 1.66. The molecule has 3 heterocycles. The number of anilines is 2. The summed E-state index contributed by atoms with van der Waals surface area (Å²) in [5.41, 5.74) is 4.92. The first-order valence-electron chi connectivity index (χ1n) is 18.8. The lowest BCUT2D eigenvalue weighted by molar-refractivity contribution is -0.123. The van der Waals surface area contributed by atoms with Crippen molar-refractivity contribution in [3.8, 4) is 22.6 Å². The minimum absolute atomic E-state index is 0.0162. The number of rotatable bonds is 14. The number of aliphatic hydroxyl groups is 1. The minimum atomic E-state index is -0.223. The van der Waals surface area contributed by atoms with Gasteiger partial charge in [0.2, 0.25) is 5.91 Å². The van der Waals surface area contributed by atoms with Gasteiger partial charge in [-0.15, -0.1) is 0 Å². The van der Waals surface area contributed by atoms with Gasteiger partial charge in [-0.2, -0.15) is 0 Å². The molecule has 4 aliphatic rings. The van der Waals surface area contributed by atoms with E-state index in [9.17, 15) is 14.7 Å². The van der Waals surface area contributed by atoms with Gasteiger partial charge in [0.1, 0.15) is 11.5 Å². The maximum atomic E-state index is 14.7. The summed E-state index contributed by atoms with van der Waals surface area (Å²) in [6, 6.07) is 22.9. The number of carbonyl (C=O) groups excluding carboxylic acids is 2. The molecule has 1 saturated carbocycles. The smallest absolute Gasteiger partial charge is 0.265 e. The van der Waals surface area contributed by atoms with Gasteiger partial charge >= 0.3 is 0 Å². The van der Waals surface area contributed by atoms with E-state index in [2.05, 4.69) is 46.6 Å². The number of likely N-dealkylation sites (tertiary alicyclic amines) is 1. The summed E-state index contributed by atoms with van der Waals surface area (Å²) in [6.45, 7) is 6.14. The molecule has 2 amide bonds. The molecule has 10 nitrogen and oxygen atoms in total. The van der Waals surface area contributed by atoms with Gasteiger partial charge in [-0.3, -0.25) is 9.59 Å². The Morgan fingerprint density at radius 1 is 0.941 bits per heavy atom. The number of nitrogens with one attached hydrogen (secondary N) is 1. The number of carbonyl (C=O) groups is 2. The highest BCUT2D eigenvalue weighted by molar-refractivity contribution is 6.01. The summed E-state index contributed by atoms with van der Waals surface area (Å²) in [4.78, 5) is 33.7. The van der Waals surface area contributed by atoms with Gasteiger partial charge in [0.05, 0.1) is 24.3 Å². The number of piperidine rings is 2. The van der Waals surface area contributed by atoms with Gasteiger partial charge in [0.15, 0.2) is 6.61 Å². The molecule has 3 fully saturated rings. The lowest BCUT2D eigenvalue weighted by Gasteiger charge is -2.36. The standard InChI is InChI=1S/C41H52N4O6/c1-49-22-5-19-44-38-26-33(12-13-39(38)51-28-40(44)47)45(32-10-11-32)41(48)37-27-42-17-14-36(37)31-8-2-6-29(24-31)30-7-3-9-35(25-30)50-23-4-18-43-20-15-34(46)16-21-43/h2-3,6-9,12-13,24-26,32,34,36-37,42,46H,4-5,10-11,14-23,27-28H2,1H3/t36-,37+/m1/s1. The van der Waals surface area contributed by atoms with Crippen LogP contribution in [0.1, 0.15) is 56.4 Å². The summed E-state index contributed by atoms with van der Waals surface area (Å²) < 4.78 is 17.2. The fraction of sp³-hybridized carbons (Fsp3) is 0.512. The average Bonchev–Trinajstić information content (AvgIpc) is 4.01. The second kappa shape index (κ2) is 16.6. The Kier molecular flexibility index (Phi) is 11.5.